The Morgan fingerprint density at radius 3 is 2.36 bits per heavy atom. The van der Waals surface area contributed by atoms with Crippen LogP contribution in [0.3, 0.4) is 0 Å². The summed E-state index contributed by atoms with van der Waals surface area (Å²) in [6, 6.07) is -0.850. The Morgan fingerprint density at radius 2 is 2.09 bits per heavy atom. The van der Waals surface area contributed by atoms with Gasteiger partial charge < -0.3 is 16.3 Å². The molecule has 0 bridgehead atoms. The fourth-order valence-electron chi connectivity index (χ4n) is 0.544. The molecule has 64 valence electrons. The van der Waals surface area contributed by atoms with Gasteiger partial charge in [-0.05, 0) is 0 Å². The van der Waals surface area contributed by atoms with Crippen molar-refractivity contribution >= 4 is 11.8 Å². The summed E-state index contributed by atoms with van der Waals surface area (Å²) in [6.07, 6.45) is -0.164. The van der Waals surface area contributed by atoms with Gasteiger partial charge in [-0.25, -0.2) is 0 Å². The van der Waals surface area contributed by atoms with Crippen LogP contribution in [-0.2, 0) is 14.4 Å². The van der Waals surface area contributed by atoms with Crippen molar-refractivity contribution in [3.63, 3.8) is 0 Å². The zero-order valence-corrected chi connectivity index (χ0v) is 6.16. The molecule has 0 aliphatic rings. The van der Waals surface area contributed by atoms with E-state index in [4.69, 9.17) is 11.5 Å². The quantitative estimate of drug-likeness (QED) is 0.400. The minimum absolute atomic E-state index is 0.164. The van der Waals surface area contributed by atoms with Gasteiger partial charge in [0.05, 0.1) is 13.5 Å². The van der Waals surface area contributed by atoms with Gasteiger partial charge in [-0.3, -0.25) is 9.59 Å². The average molecular weight is 161 g/mol. The van der Waals surface area contributed by atoms with Gasteiger partial charge in [0.2, 0.25) is 11.8 Å². The Labute approximate surface area is 63.8 Å². The highest BCUT2D eigenvalue weighted by Crippen LogP contribution is 1.88. The van der Waals surface area contributed by atoms with Crippen LogP contribution in [0.15, 0.2) is 0 Å². The standard InChI is InChI=1S/C5H11N3O3/c1-11-8-3(5(7)10)2-4(6)9/h3,8H,2H2,1H3,(H2,6,9)(H2,7,10). The van der Waals surface area contributed by atoms with Gasteiger partial charge in [-0.15, -0.1) is 0 Å². The van der Waals surface area contributed by atoms with E-state index < -0.39 is 17.9 Å². The summed E-state index contributed by atoms with van der Waals surface area (Å²) in [5.74, 6) is -1.29. The molecule has 1 unspecified atom stereocenters. The Bertz CT molecular complexity index is 159. The minimum atomic E-state index is -0.850. The predicted molar refractivity (Wildman–Crippen MR) is 36.9 cm³/mol. The number of rotatable bonds is 5. The summed E-state index contributed by atoms with van der Waals surface area (Å²) in [5, 5.41) is 0. The molecule has 0 rings (SSSR count). The van der Waals surface area contributed by atoms with Crippen molar-refractivity contribution in [3.8, 4) is 0 Å². The molecule has 2 amide bonds. The SMILES string of the molecule is CONC(CC(N)=O)C(N)=O. The molecule has 0 saturated carbocycles. The van der Waals surface area contributed by atoms with Gasteiger partial charge in [0, 0.05) is 0 Å². The largest absolute Gasteiger partial charge is 0.370 e. The van der Waals surface area contributed by atoms with E-state index in [1.54, 1.807) is 0 Å². The summed E-state index contributed by atoms with van der Waals surface area (Å²) in [4.78, 5) is 25.2. The van der Waals surface area contributed by atoms with Crippen molar-refractivity contribution in [2.45, 2.75) is 12.5 Å². The molecular formula is C5H11N3O3. The van der Waals surface area contributed by atoms with E-state index in [0.717, 1.165) is 0 Å². The summed E-state index contributed by atoms with van der Waals surface area (Å²) in [5.41, 5.74) is 11.9. The highest BCUT2D eigenvalue weighted by molar-refractivity contribution is 5.86. The number of nitrogens with one attached hydrogen (secondary N) is 1. The molecule has 1 atom stereocenters. The third-order valence-corrected chi connectivity index (χ3v) is 1.01. The molecular weight excluding hydrogens is 150 g/mol. The molecule has 0 aliphatic carbocycles. The number of hydroxylamine groups is 1. The normalized spacial score (nSPS) is 12.5. The van der Waals surface area contributed by atoms with Crippen molar-refractivity contribution in [1.82, 2.24) is 5.48 Å². The minimum Gasteiger partial charge on any atom is -0.370 e. The molecule has 0 fully saturated rings. The monoisotopic (exact) mass is 161 g/mol. The van der Waals surface area contributed by atoms with Crippen molar-refractivity contribution in [2.24, 2.45) is 11.5 Å². The number of carbonyl (C=O) groups is 2. The summed E-state index contributed by atoms with van der Waals surface area (Å²) in [6.45, 7) is 0. The van der Waals surface area contributed by atoms with Crippen molar-refractivity contribution in [1.29, 1.82) is 0 Å². The molecule has 6 nitrogen and oxygen atoms in total. The van der Waals surface area contributed by atoms with Crippen LogP contribution < -0.4 is 16.9 Å². The molecule has 0 saturated heterocycles. The zero-order chi connectivity index (χ0) is 8.85. The van der Waals surface area contributed by atoms with Gasteiger partial charge in [-0.1, -0.05) is 0 Å². The number of hydrogen-bond acceptors (Lipinski definition) is 4. The molecule has 0 radical (unpaired) electrons. The highest BCUT2D eigenvalue weighted by Gasteiger charge is 2.16. The lowest BCUT2D eigenvalue weighted by Crippen LogP contribution is -2.43. The predicted octanol–water partition coefficient (Wildman–Crippen LogP) is -2.13. The van der Waals surface area contributed by atoms with Crippen molar-refractivity contribution in [3.05, 3.63) is 0 Å². The van der Waals surface area contributed by atoms with E-state index in [0.29, 0.717) is 0 Å². The number of carbonyl (C=O) groups excluding carboxylic acids is 2. The van der Waals surface area contributed by atoms with E-state index in [2.05, 4.69) is 10.3 Å². The number of amides is 2. The van der Waals surface area contributed by atoms with E-state index in [1.807, 2.05) is 0 Å². The Kier molecular flexibility index (Phi) is 4.16. The van der Waals surface area contributed by atoms with Gasteiger partial charge in [-0.2, -0.15) is 5.48 Å². The molecule has 6 heteroatoms. The first-order valence-electron chi connectivity index (χ1n) is 2.94. The molecule has 0 aromatic heterocycles. The van der Waals surface area contributed by atoms with Gasteiger partial charge in [0.15, 0.2) is 0 Å². The van der Waals surface area contributed by atoms with Crippen LogP contribution in [0.25, 0.3) is 0 Å². The van der Waals surface area contributed by atoms with Crippen LogP contribution in [0.5, 0.6) is 0 Å². The van der Waals surface area contributed by atoms with Crippen molar-refractivity contribution < 1.29 is 14.4 Å². The number of nitrogens with two attached hydrogens (primary N) is 2. The van der Waals surface area contributed by atoms with Crippen LogP contribution in [0.2, 0.25) is 0 Å². The molecule has 0 aliphatic heterocycles. The van der Waals surface area contributed by atoms with Gasteiger partial charge in [0.1, 0.15) is 6.04 Å². The maximum atomic E-state index is 10.5. The molecule has 0 heterocycles. The molecule has 0 spiro atoms. The lowest BCUT2D eigenvalue weighted by Gasteiger charge is -2.10. The summed E-state index contributed by atoms with van der Waals surface area (Å²) in [7, 11) is 1.32. The molecule has 5 N–H and O–H groups in total. The molecule has 0 aromatic rings. The maximum Gasteiger partial charge on any atom is 0.237 e. The second-order valence-corrected chi connectivity index (χ2v) is 1.95. The van der Waals surface area contributed by atoms with E-state index in [1.165, 1.54) is 7.11 Å². The highest BCUT2D eigenvalue weighted by atomic mass is 16.6. The van der Waals surface area contributed by atoms with Gasteiger partial charge >= 0.3 is 0 Å². The summed E-state index contributed by atoms with van der Waals surface area (Å²) >= 11 is 0. The second-order valence-electron chi connectivity index (χ2n) is 1.95. The Balaban J connectivity index is 3.89. The van der Waals surface area contributed by atoms with Crippen LogP contribution in [-0.4, -0.2) is 25.0 Å². The lowest BCUT2D eigenvalue weighted by atomic mass is 10.2. The first kappa shape index (κ1) is 9.86. The summed E-state index contributed by atoms with van der Waals surface area (Å²) < 4.78 is 0. The van der Waals surface area contributed by atoms with Crippen molar-refractivity contribution in [2.75, 3.05) is 7.11 Å². The fraction of sp³-hybridized carbons (Fsp3) is 0.600. The third-order valence-electron chi connectivity index (χ3n) is 1.01. The molecule has 11 heavy (non-hydrogen) atoms. The fourth-order valence-corrected chi connectivity index (χ4v) is 0.544. The number of hydrogen-bond donors (Lipinski definition) is 3. The van der Waals surface area contributed by atoms with E-state index in [-0.39, 0.29) is 6.42 Å². The van der Waals surface area contributed by atoms with Gasteiger partial charge in [0.25, 0.3) is 0 Å². The number of primary amides is 2. The Hall–Kier alpha value is -1.14. The van der Waals surface area contributed by atoms with Crippen LogP contribution in [0.1, 0.15) is 6.42 Å². The Morgan fingerprint density at radius 1 is 1.55 bits per heavy atom. The second kappa shape index (κ2) is 4.64. The van der Waals surface area contributed by atoms with E-state index >= 15 is 0 Å². The van der Waals surface area contributed by atoms with E-state index in [9.17, 15) is 9.59 Å². The third kappa shape index (κ3) is 4.29. The maximum absolute atomic E-state index is 10.5. The average Bonchev–Trinajstić information content (AvgIpc) is 1.86. The smallest absolute Gasteiger partial charge is 0.237 e. The first-order valence-corrected chi connectivity index (χ1v) is 2.94. The molecule has 0 aromatic carbocycles. The lowest BCUT2D eigenvalue weighted by molar-refractivity contribution is -0.128. The van der Waals surface area contributed by atoms with Crippen LogP contribution in [0, 0.1) is 0 Å². The van der Waals surface area contributed by atoms with Crippen LogP contribution in [0.4, 0.5) is 0 Å². The van der Waals surface area contributed by atoms with Crippen LogP contribution >= 0.6 is 0 Å². The first-order chi connectivity index (χ1) is 5.07. The topological polar surface area (TPSA) is 107 Å². The zero-order valence-electron chi connectivity index (χ0n) is 6.16.